The third-order valence-electron chi connectivity index (χ3n) is 2.79. The van der Waals surface area contributed by atoms with Crippen molar-refractivity contribution in [2.75, 3.05) is 0 Å². The number of nitrogens with zero attached hydrogens (tertiary/aromatic N) is 1. The van der Waals surface area contributed by atoms with E-state index in [0.29, 0.717) is 5.92 Å². The summed E-state index contributed by atoms with van der Waals surface area (Å²) in [6.45, 7) is 8.72. The van der Waals surface area contributed by atoms with Crippen molar-refractivity contribution in [3.8, 4) is 0 Å². The average Bonchev–Trinajstić information content (AvgIpc) is 2.61. The molecule has 1 aromatic heterocycles. The van der Waals surface area contributed by atoms with Gasteiger partial charge in [0.25, 0.3) is 0 Å². The fraction of sp³-hybridized carbons (Fsp3) is 0.769. The van der Waals surface area contributed by atoms with Gasteiger partial charge in [-0.05, 0) is 25.2 Å². The summed E-state index contributed by atoms with van der Waals surface area (Å²) in [6, 6.07) is 0.0518. The molecule has 0 saturated heterocycles. The second-order valence-corrected chi connectivity index (χ2v) is 4.89. The molecule has 3 heteroatoms. The van der Waals surface area contributed by atoms with Gasteiger partial charge in [0.1, 0.15) is 5.82 Å². The second-order valence-electron chi connectivity index (χ2n) is 4.89. The molecule has 1 atom stereocenters. The number of imidazole rings is 1. The first-order valence-electron chi connectivity index (χ1n) is 6.41. The van der Waals surface area contributed by atoms with E-state index in [9.17, 15) is 0 Å². The molecule has 1 aromatic rings. The van der Waals surface area contributed by atoms with Crippen LogP contribution in [0.1, 0.15) is 63.8 Å². The van der Waals surface area contributed by atoms with Crippen molar-refractivity contribution in [1.29, 1.82) is 0 Å². The van der Waals surface area contributed by atoms with Crippen molar-refractivity contribution in [3.05, 3.63) is 17.2 Å². The van der Waals surface area contributed by atoms with Gasteiger partial charge in [-0.25, -0.2) is 4.98 Å². The van der Waals surface area contributed by atoms with Crippen LogP contribution in [0.2, 0.25) is 0 Å². The van der Waals surface area contributed by atoms with Gasteiger partial charge in [-0.3, -0.25) is 0 Å². The lowest BCUT2D eigenvalue weighted by Crippen LogP contribution is -2.14. The van der Waals surface area contributed by atoms with E-state index in [0.717, 1.165) is 31.5 Å². The highest BCUT2D eigenvalue weighted by molar-refractivity contribution is 5.16. The quantitative estimate of drug-likeness (QED) is 0.779. The van der Waals surface area contributed by atoms with Crippen LogP contribution in [0.3, 0.4) is 0 Å². The number of rotatable bonds is 6. The van der Waals surface area contributed by atoms with Gasteiger partial charge in [-0.2, -0.15) is 0 Å². The van der Waals surface area contributed by atoms with E-state index in [1.807, 2.05) is 0 Å². The Morgan fingerprint density at radius 3 is 2.50 bits per heavy atom. The van der Waals surface area contributed by atoms with E-state index in [1.54, 1.807) is 0 Å². The smallest absolute Gasteiger partial charge is 0.123 e. The first kappa shape index (κ1) is 13.2. The van der Waals surface area contributed by atoms with Crippen LogP contribution in [-0.4, -0.2) is 9.97 Å². The summed E-state index contributed by atoms with van der Waals surface area (Å²) < 4.78 is 0. The normalized spacial score (nSPS) is 13.4. The van der Waals surface area contributed by atoms with E-state index >= 15 is 0 Å². The van der Waals surface area contributed by atoms with Gasteiger partial charge >= 0.3 is 0 Å². The Hall–Kier alpha value is -0.830. The molecule has 3 nitrogen and oxygen atoms in total. The van der Waals surface area contributed by atoms with Crippen LogP contribution in [0.25, 0.3) is 0 Å². The van der Waals surface area contributed by atoms with E-state index in [2.05, 4.69) is 37.7 Å². The van der Waals surface area contributed by atoms with Crippen LogP contribution in [-0.2, 0) is 12.8 Å². The molecule has 0 aliphatic rings. The maximum absolute atomic E-state index is 6.14. The van der Waals surface area contributed by atoms with Crippen molar-refractivity contribution in [3.63, 3.8) is 0 Å². The Morgan fingerprint density at radius 1 is 1.31 bits per heavy atom. The lowest BCUT2D eigenvalue weighted by atomic mass is 10.0. The number of aryl methyl sites for hydroxylation is 2. The summed E-state index contributed by atoms with van der Waals surface area (Å²) in [5.74, 6) is 1.58. The number of aromatic nitrogens is 2. The fourth-order valence-electron chi connectivity index (χ4n) is 2.01. The van der Waals surface area contributed by atoms with Gasteiger partial charge in [0.05, 0.1) is 11.7 Å². The van der Waals surface area contributed by atoms with E-state index in [4.69, 9.17) is 5.73 Å². The molecule has 3 N–H and O–H groups in total. The SMILES string of the molecule is CCCc1[nH]c(C(N)CC(C)C)nc1CC. The molecule has 1 rings (SSSR count). The molecule has 1 unspecified atom stereocenters. The number of nitrogens with two attached hydrogens (primary N) is 1. The molecule has 16 heavy (non-hydrogen) atoms. The van der Waals surface area contributed by atoms with E-state index in [1.165, 1.54) is 11.4 Å². The highest BCUT2D eigenvalue weighted by Gasteiger charge is 2.15. The Labute approximate surface area is 98.8 Å². The minimum absolute atomic E-state index is 0.0518. The molecule has 0 aliphatic carbocycles. The van der Waals surface area contributed by atoms with Gasteiger partial charge in [-0.1, -0.05) is 34.1 Å². The maximum atomic E-state index is 6.14. The molecule has 0 spiro atoms. The summed E-state index contributed by atoms with van der Waals surface area (Å²) in [5.41, 5.74) is 8.60. The molecule has 1 heterocycles. The molecule has 0 bridgehead atoms. The highest BCUT2D eigenvalue weighted by Crippen LogP contribution is 2.19. The number of H-pyrrole nitrogens is 1. The largest absolute Gasteiger partial charge is 0.344 e. The van der Waals surface area contributed by atoms with Crippen LogP contribution >= 0.6 is 0 Å². The Balaban J connectivity index is 2.80. The first-order chi connectivity index (χ1) is 7.58. The Morgan fingerprint density at radius 2 is 2.00 bits per heavy atom. The fourth-order valence-corrected chi connectivity index (χ4v) is 2.01. The van der Waals surface area contributed by atoms with Crippen molar-refractivity contribution in [2.45, 2.75) is 59.4 Å². The molecule has 0 saturated carbocycles. The second kappa shape index (κ2) is 6.04. The Kier molecular flexibility index (Phi) is 5.00. The zero-order valence-corrected chi connectivity index (χ0v) is 11.0. The number of nitrogens with one attached hydrogen (secondary N) is 1. The summed E-state index contributed by atoms with van der Waals surface area (Å²) in [5, 5.41) is 0. The first-order valence-corrected chi connectivity index (χ1v) is 6.41. The summed E-state index contributed by atoms with van der Waals surface area (Å²) in [6.07, 6.45) is 4.20. The lowest BCUT2D eigenvalue weighted by Gasteiger charge is -2.10. The van der Waals surface area contributed by atoms with Gasteiger partial charge in [0, 0.05) is 5.69 Å². The van der Waals surface area contributed by atoms with Crippen LogP contribution in [0.5, 0.6) is 0 Å². The Bertz CT molecular complexity index is 315. The molecular weight excluding hydrogens is 198 g/mol. The standard InChI is InChI=1S/C13H25N3/c1-5-7-12-11(6-2)15-13(16-12)10(14)8-9(3)4/h9-10H,5-8,14H2,1-4H3,(H,15,16). The van der Waals surface area contributed by atoms with E-state index in [-0.39, 0.29) is 6.04 Å². The summed E-state index contributed by atoms with van der Waals surface area (Å²) in [7, 11) is 0. The van der Waals surface area contributed by atoms with Crippen LogP contribution in [0, 0.1) is 5.92 Å². The van der Waals surface area contributed by atoms with Crippen molar-refractivity contribution in [2.24, 2.45) is 11.7 Å². The highest BCUT2D eigenvalue weighted by atomic mass is 15.0. The average molecular weight is 223 g/mol. The van der Waals surface area contributed by atoms with Gasteiger partial charge in [0.2, 0.25) is 0 Å². The zero-order valence-electron chi connectivity index (χ0n) is 11.0. The monoisotopic (exact) mass is 223 g/mol. The number of aromatic amines is 1. The van der Waals surface area contributed by atoms with Crippen molar-refractivity contribution < 1.29 is 0 Å². The predicted molar refractivity (Wildman–Crippen MR) is 68.3 cm³/mol. The molecule has 0 aliphatic heterocycles. The van der Waals surface area contributed by atoms with Crippen molar-refractivity contribution >= 4 is 0 Å². The van der Waals surface area contributed by atoms with Crippen LogP contribution in [0.15, 0.2) is 0 Å². The van der Waals surface area contributed by atoms with Gasteiger partial charge in [0.15, 0.2) is 0 Å². The zero-order chi connectivity index (χ0) is 12.1. The summed E-state index contributed by atoms with van der Waals surface area (Å²) >= 11 is 0. The predicted octanol–water partition coefficient (Wildman–Crippen LogP) is 2.97. The number of hydrogen-bond acceptors (Lipinski definition) is 2. The topological polar surface area (TPSA) is 54.7 Å². The van der Waals surface area contributed by atoms with Gasteiger partial charge < -0.3 is 10.7 Å². The van der Waals surface area contributed by atoms with Gasteiger partial charge in [-0.15, -0.1) is 0 Å². The maximum Gasteiger partial charge on any atom is 0.123 e. The molecule has 0 fully saturated rings. The summed E-state index contributed by atoms with van der Waals surface area (Å²) in [4.78, 5) is 8.02. The molecular formula is C13H25N3. The lowest BCUT2D eigenvalue weighted by molar-refractivity contribution is 0.495. The third-order valence-corrected chi connectivity index (χ3v) is 2.79. The van der Waals surface area contributed by atoms with Crippen molar-refractivity contribution in [1.82, 2.24) is 9.97 Å². The molecule has 0 radical (unpaired) electrons. The number of hydrogen-bond donors (Lipinski definition) is 2. The molecule has 92 valence electrons. The van der Waals surface area contributed by atoms with Crippen LogP contribution < -0.4 is 5.73 Å². The molecule has 0 amide bonds. The van der Waals surface area contributed by atoms with E-state index < -0.39 is 0 Å². The minimum Gasteiger partial charge on any atom is -0.344 e. The third kappa shape index (κ3) is 3.34. The van der Waals surface area contributed by atoms with Crippen LogP contribution in [0.4, 0.5) is 0 Å². The minimum atomic E-state index is 0.0518. The molecule has 0 aromatic carbocycles.